The number of nitrogens with zero attached hydrogens (tertiary/aromatic N) is 4. The third-order valence-electron chi connectivity index (χ3n) is 5.56. The number of carbonyl (C=O) groups is 1. The summed E-state index contributed by atoms with van der Waals surface area (Å²) >= 11 is 1.33. The van der Waals surface area contributed by atoms with E-state index >= 15 is 0 Å². The van der Waals surface area contributed by atoms with Gasteiger partial charge in [-0.15, -0.1) is 0 Å². The molecule has 0 saturated carbocycles. The van der Waals surface area contributed by atoms with Crippen LogP contribution in [-0.2, 0) is 4.79 Å². The summed E-state index contributed by atoms with van der Waals surface area (Å²) in [7, 11) is 1.61. The van der Waals surface area contributed by atoms with Gasteiger partial charge >= 0.3 is 0 Å². The van der Waals surface area contributed by atoms with Gasteiger partial charge in [-0.3, -0.25) is 19.8 Å². The quantitative estimate of drug-likeness (QED) is 0.261. The second-order valence-electron chi connectivity index (χ2n) is 7.69. The summed E-state index contributed by atoms with van der Waals surface area (Å²) < 4.78 is 7.14. The standard InChI is InChI=1S/C25H24N4O4S/c1-5-27-24(30)23(34-25(27)26-19-9-11-22(33-4)12-10-19)14-18-13-16(2)28(17(18)3)20-7-6-8-21(15-20)29(31)32/h6-15H,5H2,1-4H3/b23-14+,26-25?. The van der Waals surface area contributed by atoms with Crippen LogP contribution in [0, 0.1) is 24.0 Å². The highest BCUT2D eigenvalue weighted by molar-refractivity contribution is 8.18. The number of methoxy groups -OCH3 is 1. The third kappa shape index (κ3) is 4.47. The molecule has 0 N–H and O–H groups in total. The molecule has 8 nitrogen and oxygen atoms in total. The SMILES string of the molecule is CCN1C(=O)/C(=C\c2cc(C)n(-c3cccc([N+](=O)[O-])c3)c2C)SC1=Nc1ccc(OC)cc1. The van der Waals surface area contributed by atoms with E-state index in [9.17, 15) is 14.9 Å². The zero-order valence-corrected chi connectivity index (χ0v) is 20.1. The number of amides is 1. The van der Waals surface area contributed by atoms with Crippen LogP contribution in [0.1, 0.15) is 23.9 Å². The van der Waals surface area contributed by atoms with Crippen LogP contribution in [0.25, 0.3) is 11.8 Å². The van der Waals surface area contributed by atoms with Crippen molar-refractivity contribution in [2.75, 3.05) is 13.7 Å². The van der Waals surface area contributed by atoms with Crippen molar-refractivity contribution in [2.24, 2.45) is 4.99 Å². The Morgan fingerprint density at radius 3 is 2.53 bits per heavy atom. The molecule has 2 heterocycles. The summed E-state index contributed by atoms with van der Waals surface area (Å²) in [5.41, 5.74) is 4.16. The topological polar surface area (TPSA) is 90.0 Å². The predicted octanol–water partition coefficient (Wildman–Crippen LogP) is 5.63. The number of hydrogen-bond acceptors (Lipinski definition) is 6. The normalized spacial score (nSPS) is 16.0. The molecule has 3 aromatic rings. The van der Waals surface area contributed by atoms with Gasteiger partial charge in [-0.05, 0) is 80.6 Å². The zero-order chi connectivity index (χ0) is 24.4. The van der Waals surface area contributed by atoms with Crippen molar-refractivity contribution in [2.45, 2.75) is 20.8 Å². The Kier molecular flexibility index (Phi) is 6.56. The minimum atomic E-state index is -0.405. The van der Waals surface area contributed by atoms with Crippen molar-refractivity contribution in [3.05, 3.63) is 86.6 Å². The molecule has 1 amide bonds. The van der Waals surface area contributed by atoms with Gasteiger partial charge in [-0.25, -0.2) is 4.99 Å². The monoisotopic (exact) mass is 476 g/mol. The zero-order valence-electron chi connectivity index (χ0n) is 19.3. The molecule has 1 aliphatic heterocycles. The predicted molar refractivity (Wildman–Crippen MR) is 135 cm³/mol. The Labute approximate surface area is 201 Å². The van der Waals surface area contributed by atoms with Crippen LogP contribution in [0.15, 0.2) is 64.5 Å². The lowest BCUT2D eigenvalue weighted by Gasteiger charge is -2.12. The van der Waals surface area contributed by atoms with E-state index in [4.69, 9.17) is 4.74 Å². The number of rotatable bonds is 6. The number of nitro benzene ring substituents is 1. The molecule has 174 valence electrons. The van der Waals surface area contributed by atoms with Crippen LogP contribution >= 0.6 is 11.8 Å². The molecule has 9 heteroatoms. The highest BCUT2D eigenvalue weighted by Crippen LogP contribution is 2.35. The van der Waals surface area contributed by atoms with Crippen LogP contribution in [0.3, 0.4) is 0 Å². The number of likely N-dealkylation sites (N-methyl/N-ethyl adjacent to an activating group) is 1. The number of hydrogen-bond donors (Lipinski definition) is 0. The van der Waals surface area contributed by atoms with Crippen LogP contribution in [0.5, 0.6) is 5.75 Å². The first-order valence-corrected chi connectivity index (χ1v) is 11.5. The minimum Gasteiger partial charge on any atom is -0.497 e. The van der Waals surface area contributed by atoms with Gasteiger partial charge in [0.2, 0.25) is 0 Å². The number of thioether (sulfide) groups is 1. The number of ether oxygens (including phenoxy) is 1. The van der Waals surface area contributed by atoms with Gasteiger partial charge in [0.15, 0.2) is 5.17 Å². The molecule has 2 aromatic carbocycles. The van der Waals surface area contributed by atoms with Crippen LogP contribution in [0.4, 0.5) is 11.4 Å². The molecular formula is C25H24N4O4S. The summed E-state index contributed by atoms with van der Waals surface area (Å²) in [5, 5.41) is 11.8. The van der Waals surface area contributed by atoms with Gasteiger partial charge in [0.1, 0.15) is 5.75 Å². The van der Waals surface area contributed by atoms with Gasteiger partial charge in [0.25, 0.3) is 11.6 Å². The third-order valence-corrected chi connectivity index (χ3v) is 6.56. The van der Waals surface area contributed by atoms with Gasteiger partial charge in [0, 0.05) is 30.1 Å². The van der Waals surface area contributed by atoms with Crippen molar-refractivity contribution in [3.8, 4) is 11.4 Å². The van der Waals surface area contributed by atoms with E-state index in [1.54, 1.807) is 24.1 Å². The van der Waals surface area contributed by atoms with Crippen molar-refractivity contribution in [1.29, 1.82) is 0 Å². The molecule has 34 heavy (non-hydrogen) atoms. The lowest BCUT2D eigenvalue weighted by Crippen LogP contribution is -2.28. The summed E-state index contributed by atoms with van der Waals surface area (Å²) in [5.74, 6) is 0.644. The number of benzene rings is 2. The maximum atomic E-state index is 13.1. The maximum absolute atomic E-state index is 13.1. The molecule has 0 spiro atoms. The fraction of sp³-hybridized carbons (Fsp3) is 0.200. The van der Waals surface area contributed by atoms with E-state index in [0.29, 0.717) is 22.3 Å². The average Bonchev–Trinajstić information content (AvgIpc) is 3.28. The van der Waals surface area contributed by atoms with E-state index in [2.05, 4.69) is 4.99 Å². The Morgan fingerprint density at radius 1 is 1.15 bits per heavy atom. The van der Waals surface area contributed by atoms with Crippen LogP contribution < -0.4 is 4.74 Å². The number of aliphatic imine (C=N–C) groups is 1. The van der Waals surface area contributed by atoms with Gasteiger partial charge < -0.3 is 9.30 Å². The minimum absolute atomic E-state index is 0.0319. The summed E-state index contributed by atoms with van der Waals surface area (Å²) in [6, 6.07) is 15.8. The van der Waals surface area contributed by atoms with E-state index in [-0.39, 0.29) is 11.6 Å². The number of non-ortho nitro benzene ring substituents is 1. The molecule has 0 unspecified atom stereocenters. The number of aromatic nitrogens is 1. The van der Waals surface area contributed by atoms with Gasteiger partial charge in [-0.2, -0.15) is 0 Å². The van der Waals surface area contributed by atoms with E-state index in [0.717, 1.165) is 28.4 Å². The number of amidine groups is 1. The van der Waals surface area contributed by atoms with E-state index in [1.807, 2.05) is 67.8 Å². The van der Waals surface area contributed by atoms with E-state index in [1.165, 1.54) is 17.8 Å². The lowest BCUT2D eigenvalue weighted by atomic mass is 10.2. The molecule has 1 aliphatic rings. The number of aryl methyl sites for hydroxylation is 1. The Balaban J connectivity index is 1.68. The molecular weight excluding hydrogens is 452 g/mol. The summed E-state index contributed by atoms with van der Waals surface area (Å²) in [4.78, 5) is 30.8. The molecule has 1 aromatic heterocycles. The first-order valence-electron chi connectivity index (χ1n) is 10.7. The second-order valence-corrected chi connectivity index (χ2v) is 8.70. The van der Waals surface area contributed by atoms with Crippen molar-refractivity contribution >= 4 is 40.3 Å². The largest absolute Gasteiger partial charge is 0.497 e. The molecule has 0 radical (unpaired) electrons. The smallest absolute Gasteiger partial charge is 0.271 e. The number of nitro groups is 1. The molecule has 0 aliphatic carbocycles. The molecule has 1 fully saturated rings. The average molecular weight is 477 g/mol. The second kappa shape index (κ2) is 9.56. The van der Waals surface area contributed by atoms with Gasteiger partial charge in [0.05, 0.1) is 28.3 Å². The lowest BCUT2D eigenvalue weighted by molar-refractivity contribution is -0.384. The molecule has 4 rings (SSSR count). The van der Waals surface area contributed by atoms with Crippen molar-refractivity contribution < 1.29 is 14.5 Å². The molecule has 1 saturated heterocycles. The molecule has 0 atom stereocenters. The first-order chi connectivity index (χ1) is 16.3. The summed E-state index contributed by atoms with van der Waals surface area (Å²) in [6.45, 7) is 6.29. The Hall–Kier alpha value is -3.85. The van der Waals surface area contributed by atoms with Crippen molar-refractivity contribution in [3.63, 3.8) is 0 Å². The first kappa shape index (κ1) is 23.3. The van der Waals surface area contributed by atoms with Crippen LogP contribution in [0.2, 0.25) is 0 Å². The fourth-order valence-corrected chi connectivity index (χ4v) is 4.91. The van der Waals surface area contributed by atoms with Gasteiger partial charge in [-0.1, -0.05) is 6.07 Å². The van der Waals surface area contributed by atoms with E-state index < -0.39 is 4.92 Å². The summed E-state index contributed by atoms with van der Waals surface area (Å²) in [6.07, 6.45) is 1.86. The van der Waals surface area contributed by atoms with Crippen molar-refractivity contribution in [1.82, 2.24) is 9.47 Å². The fourth-order valence-electron chi connectivity index (χ4n) is 3.86. The van der Waals surface area contributed by atoms with Crippen LogP contribution in [-0.4, -0.2) is 39.1 Å². The number of carbonyl (C=O) groups excluding carboxylic acids is 1. The molecule has 0 bridgehead atoms. The Morgan fingerprint density at radius 2 is 1.88 bits per heavy atom. The highest BCUT2D eigenvalue weighted by atomic mass is 32.2. The Bertz CT molecular complexity index is 1330. The maximum Gasteiger partial charge on any atom is 0.271 e. The highest BCUT2D eigenvalue weighted by Gasteiger charge is 2.32.